The lowest BCUT2D eigenvalue weighted by atomic mass is 10.00. The van der Waals surface area contributed by atoms with Crippen LogP contribution in [0.25, 0.3) is 0 Å². The zero-order valence-corrected chi connectivity index (χ0v) is 12.6. The fraction of sp³-hybridized carbons (Fsp3) is 0.444. The van der Waals surface area contributed by atoms with Crippen molar-refractivity contribution in [1.82, 2.24) is 0 Å². The third kappa shape index (κ3) is 6.40. The molecular formula is C18H26O. The van der Waals surface area contributed by atoms with Crippen LogP contribution in [0.5, 0.6) is 0 Å². The van der Waals surface area contributed by atoms with Gasteiger partial charge in [-0.05, 0) is 30.4 Å². The highest BCUT2D eigenvalue weighted by Gasteiger charge is 1.98. The lowest BCUT2D eigenvalue weighted by molar-refractivity contribution is 0.142. The molecule has 1 aromatic rings. The van der Waals surface area contributed by atoms with Crippen molar-refractivity contribution in [2.45, 2.75) is 40.7 Å². The standard InChI is InChI=1S/C18H26O/c1-5-18(15(2)3)12-11-16(4)13-19-14-17-9-7-6-8-10-17/h6-12,15H,5,13-14H2,1-4H3/b16-11+,18-12+. The Labute approximate surface area is 118 Å². The van der Waals surface area contributed by atoms with E-state index in [1.807, 2.05) is 18.2 Å². The molecule has 0 unspecified atom stereocenters. The van der Waals surface area contributed by atoms with Crippen LogP contribution < -0.4 is 0 Å². The highest BCUT2D eigenvalue weighted by atomic mass is 16.5. The van der Waals surface area contributed by atoms with Gasteiger partial charge in [0.1, 0.15) is 0 Å². The summed E-state index contributed by atoms with van der Waals surface area (Å²) in [7, 11) is 0. The van der Waals surface area contributed by atoms with E-state index < -0.39 is 0 Å². The minimum absolute atomic E-state index is 0.624. The van der Waals surface area contributed by atoms with Crippen LogP contribution in [0.1, 0.15) is 39.7 Å². The second kappa shape index (κ2) is 8.71. The molecule has 0 aromatic heterocycles. The molecule has 0 N–H and O–H groups in total. The quantitative estimate of drug-likeness (QED) is 0.615. The Morgan fingerprint density at radius 2 is 1.84 bits per heavy atom. The molecule has 0 saturated heterocycles. The summed E-state index contributed by atoms with van der Waals surface area (Å²) in [5.41, 5.74) is 3.98. The zero-order chi connectivity index (χ0) is 14.1. The van der Waals surface area contributed by atoms with Gasteiger partial charge in [0.25, 0.3) is 0 Å². The molecule has 0 fully saturated rings. The number of benzene rings is 1. The van der Waals surface area contributed by atoms with Crippen molar-refractivity contribution >= 4 is 0 Å². The van der Waals surface area contributed by atoms with Gasteiger partial charge in [0, 0.05) is 0 Å². The van der Waals surface area contributed by atoms with Gasteiger partial charge in [-0.25, -0.2) is 0 Å². The summed E-state index contributed by atoms with van der Waals surface area (Å²) in [6, 6.07) is 10.3. The number of allylic oxidation sites excluding steroid dienone is 3. The SMILES string of the molecule is CC/C(=C\C=C(/C)COCc1ccccc1)C(C)C. The summed E-state index contributed by atoms with van der Waals surface area (Å²) >= 11 is 0. The van der Waals surface area contributed by atoms with E-state index in [-0.39, 0.29) is 0 Å². The molecule has 1 heteroatoms. The summed E-state index contributed by atoms with van der Waals surface area (Å²) in [4.78, 5) is 0. The average Bonchev–Trinajstić information content (AvgIpc) is 2.40. The molecule has 1 rings (SSSR count). The van der Waals surface area contributed by atoms with E-state index in [0.717, 1.165) is 6.42 Å². The molecule has 1 nitrogen and oxygen atoms in total. The maximum Gasteiger partial charge on any atom is 0.0721 e. The lowest BCUT2D eigenvalue weighted by Crippen LogP contribution is -1.97. The Bertz CT molecular complexity index is 413. The molecule has 0 aliphatic heterocycles. The van der Waals surface area contributed by atoms with Crippen LogP contribution in [0.15, 0.2) is 53.6 Å². The largest absolute Gasteiger partial charge is 0.372 e. The molecule has 0 atom stereocenters. The van der Waals surface area contributed by atoms with Gasteiger partial charge in [-0.1, -0.05) is 68.8 Å². The molecule has 0 radical (unpaired) electrons. The maximum absolute atomic E-state index is 5.71. The molecule has 104 valence electrons. The first-order valence-corrected chi connectivity index (χ1v) is 7.11. The fourth-order valence-electron chi connectivity index (χ4n) is 1.92. The topological polar surface area (TPSA) is 9.23 Å². The summed E-state index contributed by atoms with van der Waals surface area (Å²) in [6.45, 7) is 10.2. The van der Waals surface area contributed by atoms with Gasteiger partial charge in [0.05, 0.1) is 13.2 Å². The zero-order valence-electron chi connectivity index (χ0n) is 12.6. The van der Waals surface area contributed by atoms with E-state index in [2.05, 4.69) is 52.0 Å². The van der Waals surface area contributed by atoms with Crippen LogP contribution >= 0.6 is 0 Å². The van der Waals surface area contributed by atoms with E-state index >= 15 is 0 Å². The third-order valence-corrected chi connectivity index (χ3v) is 3.17. The molecular weight excluding hydrogens is 232 g/mol. The van der Waals surface area contributed by atoms with Crippen molar-refractivity contribution in [3.8, 4) is 0 Å². The van der Waals surface area contributed by atoms with Crippen molar-refractivity contribution < 1.29 is 4.74 Å². The number of hydrogen-bond donors (Lipinski definition) is 0. The van der Waals surface area contributed by atoms with Crippen molar-refractivity contribution in [2.75, 3.05) is 6.61 Å². The summed E-state index contributed by atoms with van der Waals surface area (Å²) in [5.74, 6) is 0.624. The Morgan fingerprint density at radius 3 is 2.42 bits per heavy atom. The van der Waals surface area contributed by atoms with Gasteiger partial charge in [-0.3, -0.25) is 0 Å². The predicted octanol–water partition coefficient (Wildman–Crippen LogP) is 5.14. The molecule has 0 aliphatic carbocycles. The predicted molar refractivity (Wildman–Crippen MR) is 83.1 cm³/mol. The van der Waals surface area contributed by atoms with Crippen LogP contribution in [0, 0.1) is 5.92 Å². The lowest BCUT2D eigenvalue weighted by Gasteiger charge is -2.08. The van der Waals surface area contributed by atoms with E-state index in [9.17, 15) is 0 Å². The van der Waals surface area contributed by atoms with Crippen molar-refractivity contribution in [3.05, 3.63) is 59.2 Å². The molecule has 0 aliphatic rings. The minimum Gasteiger partial charge on any atom is -0.372 e. The van der Waals surface area contributed by atoms with E-state index in [1.165, 1.54) is 16.7 Å². The fourth-order valence-corrected chi connectivity index (χ4v) is 1.92. The van der Waals surface area contributed by atoms with Crippen LogP contribution in [0.3, 0.4) is 0 Å². The van der Waals surface area contributed by atoms with E-state index in [0.29, 0.717) is 19.1 Å². The first-order valence-electron chi connectivity index (χ1n) is 7.11. The summed E-state index contributed by atoms with van der Waals surface area (Å²) in [6.07, 6.45) is 5.54. The molecule has 0 saturated carbocycles. The van der Waals surface area contributed by atoms with Gasteiger partial charge in [0.2, 0.25) is 0 Å². The van der Waals surface area contributed by atoms with Crippen LogP contribution in [-0.2, 0) is 11.3 Å². The molecule has 0 amide bonds. The van der Waals surface area contributed by atoms with Gasteiger partial charge in [-0.15, -0.1) is 0 Å². The molecule has 19 heavy (non-hydrogen) atoms. The summed E-state index contributed by atoms with van der Waals surface area (Å²) in [5, 5.41) is 0. The van der Waals surface area contributed by atoms with Crippen molar-refractivity contribution in [3.63, 3.8) is 0 Å². The van der Waals surface area contributed by atoms with Crippen LogP contribution in [0.4, 0.5) is 0 Å². The Kier molecular flexibility index (Phi) is 7.20. The maximum atomic E-state index is 5.71. The summed E-state index contributed by atoms with van der Waals surface area (Å²) < 4.78 is 5.71. The monoisotopic (exact) mass is 258 g/mol. The van der Waals surface area contributed by atoms with E-state index in [4.69, 9.17) is 4.74 Å². The minimum atomic E-state index is 0.624. The number of hydrogen-bond acceptors (Lipinski definition) is 1. The number of ether oxygens (including phenoxy) is 1. The second-order valence-electron chi connectivity index (χ2n) is 5.24. The van der Waals surface area contributed by atoms with Gasteiger partial charge in [0.15, 0.2) is 0 Å². The highest BCUT2D eigenvalue weighted by Crippen LogP contribution is 2.13. The van der Waals surface area contributed by atoms with Crippen LogP contribution in [0.2, 0.25) is 0 Å². The van der Waals surface area contributed by atoms with Gasteiger partial charge >= 0.3 is 0 Å². The average molecular weight is 258 g/mol. The number of rotatable bonds is 7. The van der Waals surface area contributed by atoms with Gasteiger partial charge < -0.3 is 4.74 Å². The Morgan fingerprint density at radius 1 is 1.16 bits per heavy atom. The first kappa shape index (κ1) is 15.7. The molecule has 0 spiro atoms. The van der Waals surface area contributed by atoms with Crippen LogP contribution in [-0.4, -0.2) is 6.61 Å². The first-order chi connectivity index (χ1) is 9.13. The third-order valence-electron chi connectivity index (χ3n) is 3.17. The van der Waals surface area contributed by atoms with Gasteiger partial charge in [-0.2, -0.15) is 0 Å². The Hall–Kier alpha value is -1.34. The normalized spacial score (nSPS) is 13.1. The Balaban J connectivity index is 2.40. The molecule has 0 bridgehead atoms. The van der Waals surface area contributed by atoms with Crippen molar-refractivity contribution in [2.24, 2.45) is 5.92 Å². The van der Waals surface area contributed by atoms with Crippen molar-refractivity contribution in [1.29, 1.82) is 0 Å². The van der Waals surface area contributed by atoms with E-state index in [1.54, 1.807) is 0 Å². The molecule has 0 heterocycles. The second-order valence-corrected chi connectivity index (χ2v) is 5.24. The smallest absolute Gasteiger partial charge is 0.0721 e. The highest BCUT2D eigenvalue weighted by molar-refractivity contribution is 5.18. The molecule has 1 aromatic carbocycles.